The number of H-pyrrole nitrogens is 1. The number of fused-ring (bicyclic) bond motifs is 10. The third-order valence-electron chi connectivity index (χ3n) is 8.02. The lowest BCUT2D eigenvalue weighted by molar-refractivity contribution is -0.259. The normalized spacial score (nSPS) is 22.4. The van der Waals surface area contributed by atoms with Gasteiger partial charge in [-0.3, -0.25) is 14.9 Å². The highest BCUT2D eigenvalue weighted by Gasteiger charge is 2.48. The summed E-state index contributed by atoms with van der Waals surface area (Å²) in [4.78, 5) is 29.1. The van der Waals surface area contributed by atoms with Gasteiger partial charge in [0.1, 0.15) is 11.7 Å². The van der Waals surface area contributed by atoms with E-state index in [1.165, 1.54) is 0 Å². The molecule has 3 aromatic carbocycles. The van der Waals surface area contributed by atoms with E-state index < -0.39 is 72.3 Å². The van der Waals surface area contributed by atoms with Crippen molar-refractivity contribution < 1.29 is 52.3 Å². The summed E-state index contributed by atoms with van der Waals surface area (Å²) in [6, 6.07) is 3.21. The van der Waals surface area contributed by atoms with Crippen LogP contribution in [0.15, 0.2) is 24.3 Å². The number of nitrogens with one attached hydrogen (secondary N) is 2. The molecule has 0 bridgehead atoms. The van der Waals surface area contributed by atoms with Crippen molar-refractivity contribution in [3.05, 3.63) is 58.7 Å². The summed E-state index contributed by atoms with van der Waals surface area (Å²) in [6.45, 7) is -1.59. The molecule has 2 aromatic heterocycles. The number of ether oxygens (including phenoxy) is 1. The van der Waals surface area contributed by atoms with Crippen LogP contribution < -0.4 is 5.32 Å². The van der Waals surface area contributed by atoms with Gasteiger partial charge in [0.2, 0.25) is 0 Å². The van der Waals surface area contributed by atoms with Gasteiger partial charge in [-0.25, -0.2) is 17.6 Å². The van der Waals surface area contributed by atoms with Gasteiger partial charge >= 0.3 is 0 Å². The van der Waals surface area contributed by atoms with Crippen LogP contribution >= 0.6 is 0 Å². The van der Waals surface area contributed by atoms with E-state index in [1.54, 1.807) is 0 Å². The molecule has 0 radical (unpaired) electrons. The number of nitrogens with zero attached hydrogens (tertiary/aromatic N) is 1. The second-order valence-corrected chi connectivity index (χ2v) is 10.4. The molecule has 0 saturated carbocycles. The second-order valence-electron chi connectivity index (χ2n) is 10.4. The van der Waals surface area contributed by atoms with Gasteiger partial charge in [-0.1, -0.05) is 0 Å². The second kappa shape index (κ2) is 8.47. The molecular formula is C27H19F4N3O7. The van der Waals surface area contributed by atoms with Gasteiger partial charge in [-0.05, 0) is 12.1 Å². The third-order valence-corrected chi connectivity index (χ3v) is 8.02. The van der Waals surface area contributed by atoms with Gasteiger partial charge in [-0.15, -0.1) is 0 Å². The number of hydrogen-bond acceptors (Lipinski definition) is 7. The number of imide groups is 1. The summed E-state index contributed by atoms with van der Waals surface area (Å²) < 4.78 is 65.1. The van der Waals surface area contributed by atoms with Crippen LogP contribution in [0.25, 0.3) is 43.6 Å². The van der Waals surface area contributed by atoms with Gasteiger partial charge in [-0.2, -0.15) is 0 Å². The zero-order valence-electron chi connectivity index (χ0n) is 20.6. The Morgan fingerprint density at radius 1 is 0.878 bits per heavy atom. The Kier molecular flexibility index (Phi) is 5.34. The smallest absolute Gasteiger partial charge is 0.259 e. The Bertz CT molecular complexity index is 2000. The highest BCUT2D eigenvalue weighted by atomic mass is 19.2. The van der Waals surface area contributed by atoms with E-state index in [0.29, 0.717) is 0 Å². The molecular weight excluding hydrogens is 554 g/mol. The first kappa shape index (κ1) is 25.9. The van der Waals surface area contributed by atoms with Crippen LogP contribution in [0.5, 0.6) is 0 Å². The van der Waals surface area contributed by atoms with E-state index in [0.717, 1.165) is 28.8 Å². The molecule has 1 saturated heterocycles. The standard InChI is InChI=1S/C27H19F4N3O7/c28-10-1-8-14(3-12(10)30)32-21-17(8)19-20(25(40)33-24(19)39)18-9-2-11(29)13(31)4-15(9)34(22(18)21)26-23(38)16(37)5-27(6-35,7-36)41-26/h1-4,16,23,26,32,35-38H,5-7H2,(H,33,39,40)/t16-,23+,26+/m0/s1. The van der Waals surface area contributed by atoms with Crippen LogP contribution in [0.2, 0.25) is 0 Å². The molecule has 7 rings (SSSR count). The summed E-state index contributed by atoms with van der Waals surface area (Å²) in [5, 5.41) is 43.8. The maximum atomic E-state index is 14.7. The van der Waals surface area contributed by atoms with Gasteiger partial charge in [0.05, 0.1) is 47.0 Å². The van der Waals surface area contributed by atoms with E-state index in [4.69, 9.17) is 4.74 Å². The highest BCUT2D eigenvalue weighted by Crippen LogP contribution is 2.47. The van der Waals surface area contributed by atoms with Crippen molar-refractivity contribution >= 4 is 55.4 Å². The maximum Gasteiger partial charge on any atom is 0.259 e. The number of carbonyl (C=O) groups is 2. The van der Waals surface area contributed by atoms with Crippen molar-refractivity contribution in [2.24, 2.45) is 0 Å². The molecule has 212 valence electrons. The van der Waals surface area contributed by atoms with Gasteiger partial charge in [0, 0.05) is 45.6 Å². The number of carbonyl (C=O) groups excluding carboxylic acids is 2. The fraction of sp³-hybridized carbons (Fsp3) is 0.259. The Hall–Kier alpha value is -4.08. The number of aliphatic hydroxyl groups excluding tert-OH is 4. The number of rotatable bonds is 3. The van der Waals surface area contributed by atoms with Crippen LogP contribution in [0.1, 0.15) is 33.4 Å². The topological polar surface area (TPSA) is 157 Å². The van der Waals surface area contributed by atoms with E-state index in [9.17, 15) is 47.6 Å². The summed E-state index contributed by atoms with van der Waals surface area (Å²) in [5.41, 5.74) is -2.47. The van der Waals surface area contributed by atoms with Gasteiger partial charge in [0.25, 0.3) is 11.8 Å². The van der Waals surface area contributed by atoms with Gasteiger partial charge in [0.15, 0.2) is 29.5 Å². The lowest BCUT2D eigenvalue weighted by atomic mass is 9.90. The quantitative estimate of drug-likeness (QED) is 0.143. The fourth-order valence-corrected chi connectivity index (χ4v) is 6.15. The summed E-state index contributed by atoms with van der Waals surface area (Å²) in [7, 11) is 0. The molecule has 1 fully saturated rings. The highest BCUT2D eigenvalue weighted by molar-refractivity contribution is 6.39. The predicted octanol–water partition coefficient (Wildman–Crippen LogP) is 2.23. The first-order valence-corrected chi connectivity index (χ1v) is 12.4. The van der Waals surface area contributed by atoms with Crippen LogP contribution in [0, 0.1) is 23.3 Å². The molecule has 6 N–H and O–H groups in total. The predicted molar refractivity (Wildman–Crippen MR) is 134 cm³/mol. The van der Waals surface area contributed by atoms with Crippen molar-refractivity contribution in [3.8, 4) is 0 Å². The Balaban J connectivity index is 1.74. The van der Waals surface area contributed by atoms with Crippen LogP contribution in [-0.4, -0.2) is 72.8 Å². The van der Waals surface area contributed by atoms with Crippen molar-refractivity contribution in [1.29, 1.82) is 0 Å². The molecule has 2 aliphatic heterocycles. The number of aromatic amines is 1. The fourth-order valence-electron chi connectivity index (χ4n) is 6.15. The van der Waals surface area contributed by atoms with Crippen LogP contribution in [-0.2, 0) is 4.74 Å². The first-order valence-electron chi connectivity index (χ1n) is 12.4. The Morgan fingerprint density at radius 2 is 1.46 bits per heavy atom. The van der Waals surface area contributed by atoms with Gasteiger partial charge < -0.3 is 34.7 Å². The maximum absolute atomic E-state index is 14.7. The van der Waals surface area contributed by atoms with E-state index in [-0.39, 0.29) is 61.2 Å². The zero-order chi connectivity index (χ0) is 29.1. The van der Waals surface area contributed by atoms with Crippen LogP contribution in [0.4, 0.5) is 17.6 Å². The molecule has 41 heavy (non-hydrogen) atoms. The molecule has 2 amide bonds. The molecule has 0 unspecified atom stereocenters. The van der Waals surface area contributed by atoms with E-state index >= 15 is 0 Å². The average molecular weight is 573 g/mol. The number of aromatic nitrogens is 2. The lowest BCUT2D eigenvalue weighted by Gasteiger charge is -2.44. The molecule has 14 heteroatoms. The van der Waals surface area contributed by atoms with E-state index in [1.807, 2.05) is 0 Å². The first-order chi connectivity index (χ1) is 19.5. The molecule has 0 spiro atoms. The van der Waals surface area contributed by atoms with Crippen molar-refractivity contribution in [2.45, 2.75) is 30.5 Å². The monoisotopic (exact) mass is 573 g/mol. The summed E-state index contributed by atoms with van der Waals surface area (Å²) in [5.74, 6) is -6.85. The number of hydrogen-bond donors (Lipinski definition) is 6. The molecule has 4 heterocycles. The largest absolute Gasteiger partial charge is 0.393 e. The molecule has 0 aliphatic carbocycles. The SMILES string of the molecule is O=C1NC(=O)c2c1c1c3cc(F)c(F)cc3[nH]c1c1c2c2cc(F)c(F)cc2n1[C@@H]1OC(CO)(CO)C[C@H](O)[C@H]1O. The average Bonchev–Trinajstić information content (AvgIpc) is 3.55. The number of aliphatic hydroxyl groups is 4. The number of halogens is 4. The van der Waals surface area contributed by atoms with Crippen molar-refractivity contribution in [1.82, 2.24) is 14.9 Å². The number of amides is 2. The molecule has 2 aliphatic rings. The van der Waals surface area contributed by atoms with E-state index in [2.05, 4.69) is 10.3 Å². The molecule has 5 aromatic rings. The zero-order valence-corrected chi connectivity index (χ0v) is 20.6. The van der Waals surface area contributed by atoms with Crippen molar-refractivity contribution in [2.75, 3.05) is 13.2 Å². The summed E-state index contributed by atoms with van der Waals surface area (Å²) >= 11 is 0. The van der Waals surface area contributed by atoms with Crippen molar-refractivity contribution in [3.63, 3.8) is 0 Å². The molecule has 3 atom stereocenters. The van der Waals surface area contributed by atoms with Crippen LogP contribution in [0.3, 0.4) is 0 Å². The summed E-state index contributed by atoms with van der Waals surface area (Å²) in [6.07, 6.45) is -5.40. The molecule has 10 nitrogen and oxygen atoms in total. The Morgan fingerprint density at radius 3 is 2.12 bits per heavy atom. The minimum Gasteiger partial charge on any atom is -0.393 e. The Labute approximate surface area is 225 Å². The number of benzene rings is 3. The lowest BCUT2D eigenvalue weighted by Crippen LogP contribution is -2.56. The minimum atomic E-state index is -1.78. The third kappa shape index (κ3) is 3.30. The minimum absolute atomic E-state index is 0.00456.